The molecule has 0 aromatic heterocycles. The lowest BCUT2D eigenvalue weighted by molar-refractivity contribution is -0.133. The molecule has 4 rings (SSSR count). The molecule has 0 spiro atoms. The number of rotatable bonds is 4. The number of likely N-dealkylation sites (tertiary alicyclic amines) is 2. The van der Waals surface area contributed by atoms with Gasteiger partial charge in [-0.3, -0.25) is 4.79 Å². The first-order valence-corrected chi connectivity index (χ1v) is 9.45. The lowest BCUT2D eigenvalue weighted by Gasteiger charge is -2.29. The molecule has 1 atom stereocenters. The molecule has 130 valence electrons. The lowest BCUT2D eigenvalue weighted by Crippen LogP contribution is -2.39. The van der Waals surface area contributed by atoms with E-state index >= 15 is 0 Å². The quantitative estimate of drug-likeness (QED) is 0.846. The van der Waals surface area contributed by atoms with Crippen molar-refractivity contribution >= 4 is 5.91 Å². The molecule has 0 bridgehead atoms. The minimum absolute atomic E-state index is 0.232. The molecule has 1 saturated carbocycles. The van der Waals surface area contributed by atoms with Crippen molar-refractivity contribution in [3.63, 3.8) is 0 Å². The van der Waals surface area contributed by atoms with E-state index in [9.17, 15) is 9.18 Å². The molecule has 3 fully saturated rings. The van der Waals surface area contributed by atoms with Gasteiger partial charge in [0.2, 0.25) is 5.91 Å². The van der Waals surface area contributed by atoms with Crippen LogP contribution in [0.2, 0.25) is 0 Å². The van der Waals surface area contributed by atoms with Crippen molar-refractivity contribution in [3.8, 4) is 0 Å². The summed E-state index contributed by atoms with van der Waals surface area (Å²) in [5.41, 5.74) is 0.640. The molecular weight excluding hydrogens is 303 g/mol. The molecule has 1 aromatic carbocycles. The normalized spacial score (nSPS) is 26.5. The first kappa shape index (κ1) is 16.1. The average Bonchev–Trinajstić information content (AvgIpc) is 3.29. The summed E-state index contributed by atoms with van der Waals surface area (Å²) in [6.45, 7) is 5.39. The van der Waals surface area contributed by atoms with E-state index in [4.69, 9.17) is 0 Å². The molecule has 2 heterocycles. The fourth-order valence-corrected chi connectivity index (χ4v) is 4.50. The highest BCUT2D eigenvalue weighted by Crippen LogP contribution is 2.50. The molecule has 1 amide bonds. The Bertz CT molecular complexity index is 590. The van der Waals surface area contributed by atoms with Crippen LogP contribution in [-0.4, -0.2) is 48.4 Å². The summed E-state index contributed by atoms with van der Waals surface area (Å²) in [4.78, 5) is 17.7. The van der Waals surface area contributed by atoms with Crippen LogP contribution in [-0.2, 0) is 10.2 Å². The predicted molar refractivity (Wildman–Crippen MR) is 92.3 cm³/mol. The van der Waals surface area contributed by atoms with Gasteiger partial charge in [-0.1, -0.05) is 18.6 Å². The molecule has 1 aromatic rings. The van der Waals surface area contributed by atoms with Gasteiger partial charge in [-0.25, -0.2) is 4.39 Å². The van der Waals surface area contributed by atoms with Crippen molar-refractivity contribution in [2.45, 2.75) is 43.9 Å². The van der Waals surface area contributed by atoms with Crippen molar-refractivity contribution in [1.29, 1.82) is 0 Å². The second-order valence-corrected chi connectivity index (χ2v) is 7.86. The number of hydrogen-bond acceptors (Lipinski definition) is 2. The first-order valence-electron chi connectivity index (χ1n) is 9.45. The highest BCUT2D eigenvalue weighted by atomic mass is 19.1. The largest absolute Gasteiger partial charge is 0.342 e. The average molecular weight is 330 g/mol. The molecule has 1 aliphatic carbocycles. The van der Waals surface area contributed by atoms with E-state index in [1.54, 1.807) is 12.1 Å². The van der Waals surface area contributed by atoms with E-state index < -0.39 is 0 Å². The Morgan fingerprint density at radius 1 is 1.08 bits per heavy atom. The Hall–Kier alpha value is -1.42. The van der Waals surface area contributed by atoms with Gasteiger partial charge >= 0.3 is 0 Å². The van der Waals surface area contributed by atoms with Gasteiger partial charge in [0.1, 0.15) is 5.82 Å². The number of carbonyl (C=O) groups excluding carboxylic acids is 1. The molecule has 2 aliphatic heterocycles. The van der Waals surface area contributed by atoms with Gasteiger partial charge in [0.15, 0.2) is 0 Å². The summed E-state index contributed by atoms with van der Waals surface area (Å²) < 4.78 is 13.2. The van der Waals surface area contributed by atoms with Crippen LogP contribution in [0.4, 0.5) is 4.39 Å². The van der Waals surface area contributed by atoms with Crippen LogP contribution in [0.25, 0.3) is 0 Å². The Labute approximate surface area is 143 Å². The summed E-state index contributed by atoms with van der Waals surface area (Å²) in [6.07, 6.45) is 6.95. The van der Waals surface area contributed by atoms with Gasteiger partial charge in [-0.15, -0.1) is 0 Å². The summed E-state index contributed by atoms with van der Waals surface area (Å²) in [7, 11) is 0. The zero-order valence-corrected chi connectivity index (χ0v) is 14.3. The van der Waals surface area contributed by atoms with E-state index in [0.717, 1.165) is 44.5 Å². The molecule has 3 aliphatic rings. The van der Waals surface area contributed by atoms with E-state index in [2.05, 4.69) is 9.80 Å². The standard InChI is InChI=1S/C20H27FN2O/c21-18-6-4-17(5-7-18)20(9-10-20)19(24)23-13-8-16(15-23)14-22-11-2-1-3-12-22/h4-7,16H,1-3,8-15H2/t16-/m1/s1. The zero-order valence-electron chi connectivity index (χ0n) is 14.3. The van der Waals surface area contributed by atoms with E-state index in [-0.39, 0.29) is 17.1 Å². The van der Waals surface area contributed by atoms with Crippen LogP contribution in [0.3, 0.4) is 0 Å². The Morgan fingerprint density at radius 2 is 1.79 bits per heavy atom. The van der Waals surface area contributed by atoms with Crippen LogP contribution in [0.15, 0.2) is 24.3 Å². The highest BCUT2D eigenvalue weighted by Gasteiger charge is 2.53. The molecule has 0 radical (unpaired) electrons. The molecule has 0 N–H and O–H groups in total. The minimum Gasteiger partial charge on any atom is -0.342 e. The fraction of sp³-hybridized carbons (Fsp3) is 0.650. The maximum absolute atomic E-state index is 13.2. The topological polar surface area (TPSA) is 23.6 Å². The summed E-state index contributed by atoms with van der Waals surface area (Å²) >= 11 is 0. The Balaban J connectivity index is 1.38. The SMILES string of the molecule is O=C(N1CC[C@H](CN2CCCCC2)C1)C1(c2ccc(F)cc2)CC1. The van der Waals surface area contributed by atoms with Crippen molar-refractivity contribution in [3.05, 3.63) is 35.6 Å². The third-order valence-corrected chi connectivity index (χ3v) is 6.09. The molecule has 24 heavy (non-hydrogen) atoms. The van der Waals surface area contributed by atoms with Gasteiger partial charge < -0.3 is 9.80 Å². The van der Waals surface area contributed by atoms with Gasteiger partial charge in [-0.2, -0.15) is 0 Å². The van der Waals surface area contributed by atoms with Crippen LogP contribution in [0.5, 0.6) is 0 Å². The fourth-order valence-electron chi connectivity index (χ4n) is 4.50. The number of piperidine rings is 1. The van der Waals surface area contributed by atoms with Crippen LogP contribution >= 0.6 is 0 Å². The van der Waals surface area contributed by atoms with Crippen molar-refractivity contribution < 1.29 is 9.18 Å². The zero-order chi connectivity index (χ0) is 16.6. The van der Waals surface area contributed by atoms with Crippen LogP contribution in [0.1, 0.15) is 44.1 Å². The molecule has 0 unspecified atom stereocenters. The van der Waals surface area contributed by atoms with Crippen LogP contribution < -0.4 is 0 Å². The van der Waals surface area contributed by atoms with Crippen LogP contribution in [0, 0.1) is 11.7 Å². The molecular formula is C20H27FN2O. The summed E-state index contributed by atoms with van der Waals surface area (Å²) in [6, 6.07) is 6.54. The maximum atomic E-state index is 13.2. The number of nitrogens with zero attached hydrogens (tertiary/aromatic N) is 2. The number of carbonyl (C=O) groups is 1. The second-order valence-electron chi connectivity index (χ2n) is 7.86. The number of amides is 1. The minimum atomic E-state index is -0.353. The second kappa shape index (κ2) is 6.47. The van der Waals surface area contributed by atoms with Crippen molar-refractivity contribution in [2.75, 3.05) is 32.7 Å². The maximum Gasteiger partial charge on any atom is 0.233 e. The third-order valence-electron chi connectivity index (χ3n) is 6.09. The van der Waals surface area contributed by atoms with Gasteiger partial charge in [-0.05, 0) is 68.8 Å². The number of hydrogen-bond donors (Lipinski definition) is 0. The van der Waals surface area contributed by atoms with Gasteiger partial charge in [0, 0.05) is 19.6 Å². The number of halogens is 1. The van der Waals surface area contributed by atoms with E-state index in [0.29, 0.717) is 5.92 Å². The number of benzene rings is 1. The molecule has 2 saturated heterocycles. The van der Waals surface area contributed by atoms with Crippen molar-refractivity contribution in [1.82, 2.24) is 9.80 Å². The van der Waals surface area contributed by atoms with Gasteiger partial charge in [0.05, 0.1) is 5.41 Å². The Morgan fingerprint density at radius 3 is 2.46 bits per heavy atom. The lowest BCUT2D eigenvalue weighted by atomic mass is 9.94. The first-order chi connectivity index (χ1) is 11.7. The highest BCUT2D eigenvalue weighted by molar-refractivity contribution is 5.91. The van der Waals surface area contributed by atoms with Gasteiger partial charge in [0.25, 0.3) is 0 Å². The smallest absolute Gasteiger partial charge is 0.233 e. The Kier molecular flexibility index (Phi) is 4.33. The van der Waals surface area contributed by atoms with Crippen molar-refractivity contribution in [2.24, 2.45) is 5.92 Å². The monoisotopic (exact) mass is 330 g/mol. The predicted octanol–water partition coefficient (Wildman–Crippen LogP) is 3.19. The summed E-state index contributed by atoms with van der Waals surface area (Å²) in [5.74, 6) is 0.663. The van der Waals surface area contributed by atoms with E-state index in [1.165, 1.54) is 44.5 Å². The third kappa shape index (κ3) is 3.08. The molecule has 3 nitrogen and oxygen atoms in total. The summed E-state index contributed by atoms with van der Waals surface area (Å²) in [5, 5.41) is 0. The van der Waals surface area contributed by atoms with E-state index in [1.807, 2.05) is 0 Å². The molecule has 4 heteroatoms.